The minimum Gasteiger partial charge on any atom is -0.744 e. The van der Waals surface area contributed by atoms with Crippen LogP contribution in [0.1, 0.15) is 117 Å². The Hall–Kier alpha value is -12.5. The van der Waals surface area contributed by atoms with Crippen molar-refractivity contribution in [2.45, 2.75) is 109 Å². The lowest BCUT2D eigenvalue weighted by Crippen LogP contribution is -2.28. The van der Waals surface area contributed by atoms with Gasteiger partial charge in [0.05, 0.1) is 101 Å². The number of amides is 3. The van der Waals surface area contributed by atoms with Gasteiger partial charge in [0.2, 0.25) is 5.91 Å². The lowest BCUT2D eigenvalue weighted by molar-refractivity contribution is -0.136. The maximum Gasteiger partial charge on any atom is 0.351 e. The van der Waals surface area contributed by atoms with E-state index in [0.717, 1.165) is 55.0 Å². The highest BCUT2D eigenvalue weighted by molar-refractivity contribution is 8.77. The molecule has 2 fully saturated rings. The van der Waals surface area contributed by atoms with Gasteiger partial charge in [-0.1, -0.05) is 105 Å². The Morgan fingerprint density at radius 3 is 1.30 bits per heavy atom. The van der Waals surface area contributed by atoms with E-state index >= 15 is 0 Å². The van der Waals surface area contributed by atoms with Crippen molar-refractivity contribution in [3.63, 3.8) is 0 Å². The van der Waals surface area contributed by atoms with Crippen LogP contribution in [-0.2, 0) is 69.0 Å². The van der Waals surface area contributed by atoms with Crippen LogP contribution in [0.5, 0.6) is 0 Å². The van der Waals surface area contributed by atoms with E-state index in [1.165, 1.54) is 94.9 Å². The second-order valence-electron chi connectivity index (χ2n) is 28.9. The Morgan fingerprint density at radius 1 is 0.548 bits per heavy atom. The molecule has 4 aromatic carbocycles. The number of rotatable bonds is 35. The first kappa shape index (κ1) is 105. The van der Waals surface area contributed by atoms with Crippen LogP contribution >= 0.6 is 43.2 Å². The van der Waals surface area contributed by atoms with Gasteiger partial charge in [0.15, 0.2) is 22.7 Å². The number of nitrogens with zero attached hydrogens (tertiary/aromatic N) is 4. The van der Waals surface area contributed by atoms with E-state index in [1.54, 1.807) is 18.3 Å². The van der Waals surface area contributed by atoms with Crippen LogP contribution in [0.25, 0.3) is 66.8 Å². The number of fused-ring (bicyclic) bond motifs is 4. The zero-order valence-corrected chi connectivity index (χ0v) is 77.5. The molecule has 6 aromatic rings. The van der Waals surface area contributed by atoms with E-state index in [4.69, 9.17) is 72.4 Å². The van der Waals surface area contributed by atoms with Gasteiger partial charge in [-0.15, -0.1) is 13.2 Å². The monoisotopic (exact) mass is 2010 g/mol. The predicted molar refractivity (Wildman–Crippen MR) is 493 cm³/mol. The minimum absolute atomic E-state index is 0.00317. The number of aromatic nitrogens is 4. The van der Waals surface area contributed by atoms with Crippen LogP contribution in [0.4, 0.5) is 23.0 Å². The zero-order chi connectivity index (χ0) is 98.9. The number of hydrogen-bond acceptors (Lipinski definition) is 39. The third-order valence-electron chi connectivity index (χ3n) is 20.0. The number of anilines is 4. The van der Waals surface area contributed by atoms with Gasteiger partial charge < -0.3 is 106 Å². The van der Waals surface area contributed by atoms with Gasteiger partial charge >= 0.3 is 29.3 Å². The summed E-state index contributed by atoms with van der Waals surface area (Å²) in [5, 5.41) is 51.1. The number of hydrogen-bond donors (Lipinski definition) is 13. The van der Waals surface area contributed by atoms with Crippen molar-refractivity contribution < 1.29 is 124 Å². The molecule has 0 bridgehead atoms. The van der Waals surface area contributed by atoms with Crippen LogP contribution in [0.2, 0.25) is 0 Å². The number of aliphatic carboxylic acids is 1. The van der Waals surface area contributed by atoms with Gasteiger partial charge in [-0.25, -0.2) is 52.8 Å². The molecule has 0 saturated carbocycles. The summed E-state index contributed by atoms with van der Waals surface area (Å²) in [6.07, 6.45) is 7.27. The summed E-state index contributed by atoms with van der Waals surface area (Å²) < 4.78 is 185. The molecule has 6 atom stereocenters. The molecule has 716 valence electrons. The summed E-state index contributed by atoms with van der Waals surface area (Å²) in [6.45, 7) is 12.6. The number of carbonyl (C=O) groups is 6. The molecule has 6 heterocycles. The Labute approximate surface area is 784 Å². The molecule has 2 aromatic heterocycles. The van der Waals surface area contributed by atoms with Gasteiger partial charge in [-0.2, -0.15) is 9.97 Å². The number of carbonyl (C=O) groups excluding carboxylic acids is 3. The molecule has 135 heavy (non-hydrogen) atoms. The fourth-order valence-electron chi connectivity index (χ4n) is 14.1. The van der Waals surface area contributed by atoms with E-state index in [1.807, 2.05) is 13.8 Å². The van der Waals surface area contributed by atoms with Gasteiger partial charge in [0.1, 0.15) is 84.1 Å². The number of nitrogens with two attached hydrogens (primary N) is 5. The SMILES string of the molecule is C=CCOC1CC(n2cc(C#CCN)c(N)nc2=O)OC1CC.C=CCOC1CC(n2cc(C#CCNC(=O)CCSSCCNC(=O)c3ccc(-c4c5ccc(=N)c(S(=O)(=O)[O-])c-5oc5c(S(=O)(=O)[O-])c(N)ccc45)c(C(=O)O)c3)c(N)nc2=O)OC1CC.N=c1ccc2c(-c3ccc(C(=O)NCCSSCCC(=O)O)cc3C(=O)O)c3ccc(N)c(S(=O)(=O)[O-])c3oc-2c1S(=O)(=O)[O-]. The van der Waals surface area contributed by atoms with Crippen molar-refractivity contribution in [3.05, 3.63) is 188 Å². The molecule has 2 saturated heterocycles. The Morgan fingerprint density at radius 2 is 0.933 bits per heavy atom. The summed E-state index contributed by atoms with van der Waals surface area (Å²) in [5.74, 6) is 5.51. The van der Waals surface area contributed by atoms with Crippen molar-refractivity contribution in [1.29, 1.82) is 10.8 Å². The van der Waals surface area contributed by atoms with Crippen molar-refractivity contribution in [3.8, 4) is 68.6 Å². The summed E-state index contributed by atoms with van der Waals surface area (Å²) >= 11 is 0. The van der Waals surface area contributed by atoms with E-state index < -0.39 is 170 Å². The highest BCUT2D eigenvalue weighted by Crippen LogP contribution is 2.49. The number of nitrogens with one attached hydrogen (secondary N) is 5. The molecular weight excluding hydrogens is 1930 g/mol. The average molecular weight is 2010 g/mol. The van der Waals surface area contributed by atoms with Crippen LogP contribution in [-0.4, -0.2) is 209 Å². The number of nitrogen functional groups attached to an aromatic ring is 4. The smallest absolute Gasteiger partial charge is 0.351 e. The van der Waals surface area contributed by atoms with Crippen molar-refractivity contribution in [2.24, 2.45) is 5.73 Å². The van der Waals surface area contributed by atoms with Crippen molar-refractivity contribution in [2.75, 3.05) is 85.3 Å². The first-order valence-corrected chi connectivity index (χ1v) is 50.5. The lowest BCUT2D eigenvalue weighted by atomic mass is 9.89. The van der Waals surface area contributed by atoms with E-state index in [0.29, 0.717) is 61.1 Å². The molecule has 2 aliphatic carbocycles. The summed E-state index contributed by atoms with van der Waals surface area (Å²) in [4.78, 5) is 102. The first-order valence-electron chi connectivity index (χ1n) is 39.9. The normalized spacial score (nSPS) is 15.9. The minimum atomic E-state index is -5.48. The summed E-state index contributed by atoms with van der Waals surface area (Å²) in [7, 11) is -16.4. The number of carboxylic acids is 3. The van der Waals surface area contributed by atoms with E-state index in [-0.39, 0.29) is 142 Å². The largest absolute Gasteiger partial charge is 0.744 e. The third kappa shape index (κ3) is 25.6. The van der Waals surface area contributed by atoms with Crippen molar-refractivity contribution >= 4 is 164 Å². The zero-order valence-electron chi connectivity index (χ0n) is 71.0. The van der Waals surface area contributed by atoms with Crippen molar-refractivity contribution in [1.82, 2.24) is 35.1 Å². The Balaban J connectivity index is 0.000000236. The van der Waals surface area contributed by atoms with Gasteiger partial charge in [0.25, 0.3) is 11.8 Å². The fraction of sp³-hybridized carbons (Fsp3) is 0.286. The van der Waals surface area contributed by atoms with E-state index in [2.05, 4.69) is 62.8 Å². The van der Waals surface area contributed by atoms with Gasteiger partial charge in [-0.05, 0) is 96.8 Å². The first-order chi connectivity index (χ1) is 63.9. The number of benzene rings is 6. The number of ether oxygens (including phenoxy) is 4. The molecule has 18 N–H and O–H groups in total. The molecule has 43 nitrogen and oxygen atoms in total. The molecule has 0 radical (unpaired) electrons. The molecule has 6 unspecified atom stereocenters. The highest BCUT2D eigenvalue weighted by Gasteiger charge is 2.39. The maximum absolute atomic E-state index is 13.2. The second kappa shape index (κ2) is 45.7. The number of aromatic carboxylic acids is 2. The molecule has 6 aliphatic rings. The van der Waals surface area contributed by atoms with Gasteiger partial charge in [0, 0.05) is 112 Å². The van der Waals surface area contributed by atoms with Gasteiger partial charge in [-0.3, -0.25) is 39.1 Å². The van der Waals surface area contributed by atoms with Crippen LogP contribution < -0.4 is 66.7 Å². The highest BCUT2D eigenvalue weighted by atomic mass is 33.1. The third-order valence-corrected chi connectivity index (χ3v) is 28.5. The Kier molecular flexibility index (Phi) is 35.4. The quantitative estimate of drug-likeness (QED) is 0.00436. The summed E-state index contributed by atoms with van der Waals surface area (Å²) in [5.41, 5.74) is 23.2. The molecule has 51 heteroatoms. The molecule has 3 amide bonds. The number of carboxylic acid groups (broad SMARTS) is 3. The standard InChI is InChI=1S/C42H43N7O14S4.C26H23N3O12S4.C16H22N4O3/c1-3-16-61-31-20-33(62-30(31)4-2)49-21-23(39(45)48-42(49)54)6-5-14-46-32(50)13-17-64-65-18-15-47-40(51)22-7-8-24(27(19-22)41(52)53)34-25-9-11-28(43)37(66(55,56)57)35(25)63-36-26(34)10-12-29(44)38(36)67(58,59)60;27-17-5-3-14-20(15-4-6-18(28)24(45(38,39)40)22(15)41-21(14)23(17)44(35,36)37)13-2-1-12(11-16(13)26(33)34)25(32)29-8-10-43-42-9-7-19(30)31;1-3-8-22-13-9-14(23-12(13)4-2)20-10-11(6-5-7-17)15(18)19-16(20)21/h3,7-12,19,21,30-31,33,43H,1,4,13-18,20,44H2,2H3,(H,46,50)(H,47,51)(H,52,53)(H2,45,48,54)(H,55,56,57)(H,58,59,60);1-6,11,27H,7-10,28H2,(H,29,32)(H,30,31)(H,33,34)(H,35,36,37)(H,38,39,40);3,10,12-14H,1,4,7-9,17H2,2H3,(H2,18,19,21)/p-4. The summed E-state index contributed by atoms with van der Waals surface area (Å²) in [6, 6.07) is 15.7. The molecule has 0 spiro atoms. The topological polar surface area (TPSA) is 739 Å². The molecular formula is C84H84N14O29S8-4. The maximum atomic E-state index is 13.2. The average Bonchev–Trinajstić information content (AvgIpc) is 1.09. The molecule has 4 aliphatic heterocycles. The fourth-order valence-corrected chi connectivity index (χ4v) is 20.8. The molecule has 12 rings (SSSR count). The Bertz CT molecular complexity index is 7160. The van der Waals surface area contributed by atoms with Crippen LogP contribution in [0.15, 0.2) is 161 Å². The lowest BCUT2D eigenvalue weighted by Gasteiger charge is -2.22. The van der Waals surface area contributed by atoms with Crippen LogP contribution in [0, 0.1) is 34.5 Å². The predicted octanol–water partition coefficient (Wildman–Crippen LogP) is 5.61. The van der Waals surface area contributed by atoms with Crippen LogP contribution in [0.3, 0.4) is 0 Å². The van der Waals surface area contributed by atoms with E-state index in [9.17, 15) is 100 Å². The second-order valence-corrected chi connectivity index (χ2v) is 39.5.